The number of benzene rings is 1. The summed E-state index contributed by atoms with van der Waals surface area (Å²) in [6.45, 7) is 2.60. The Hall–Kier alpha value is -2.95. The SMILES string of the molecule is Cc1cccc(N(C)C(=O)c2cccc(Cn3ccnc3)c2)n1. The van der Waals surface area contributed by atoms with Crippen molar-refractivity contribution < 1.29 is 4.79 Å². The van der Waals surface area contributed by atoms with Crippen LogP contribution in [0.1, 0.15) is 21.6 Å². The van der Waals surface area contributed by atoms with Gasteiger partial charge in [-0.05, 0) is 36.8 Å². The molecule has 0 aliphatic heterocycles. The second-order valence-electron chi connectivity index (χ2n) is 5.44. The minimum Gasteiger partial charge on any atom is -0.333 e. The van der Waals surface area contributed by atoms with Crippen LogP contribution in [0.2, 0.25) is 0 Å². The van der Waals surface area contributed by atoms with Crippen LogP contribution in [0.3, 0.4) is 0 Å². The number of hydrogen-bond acceptors (Lipinski definition) is 3. The van der Waals surface area contributed by atoms with Gasteiger partial charge in [0.25, 0.3) is 5.91 Å². The summed E-state index contributed by atoms with van der Waals surface area (Å²) in [6.07, 6.45) is 5.40. The largest absolute Gasteiger partial charge is 0.333 e. The van der Waals surface area contributed by atoms with Crippen LogP contribution < -0.4 is 4.90 Å². The molecule has 2 heterocycles. The van der Waals surface area contributed by atoms with Crippen LogP contribution in [0.5, 0.6) is 0 Å². The molecule has 0 spiro atoms. The lowest BCUT2D eigenvalue weighted by atomic mass is 10.1. The van der Waals surface area contributed by atoms with E-state index in [0.717, 1.165) is 11.3 Å². The summed E-state index contributed by atoms with van der Waals surface area (Å²) < 4.78 is 1.97. The molecule has 116 valence electrons. The summed E-state index contributed by atoms with van der Waals surface area (Å²) in [5.41, 5.74) is 2.59. The van der Waals surface area contributed by atoms with Gasteiger partial charge in [-0.2, -0.15) is 0 Å². The number of imidazole rings is 1. The van der Waals surface area contributed by atoms with Gasteiger partial charge >= 0.3 is 0 Å². The van der Waals surface area contributed by atoms with E-state index in [1.165, 1.54) is 0 Å². The number of anilines is 1. The number of carbonyl (C=O) groups is 1. The Labute approximate surface area is 135 Å². The Kier molecular flexibility index (Phi) is 4.19. The van der Waals surface area contributed by atoms with Crippen LogP contribution in [-0.2, 0) is 6.54 Å². The fourth-order valence-electron chi connectivity index (χ4n) is 2.41. The Bertz CT molecular complexity index is 811. The monoisotopic (exact) mass is 306 g/mol. The molecule has 0 N–H and O–H groups in total. The molecule has 1 aromatic carbocycles. The highest BCUT2D eigenvalue weighted by atomic mass is 16.2. The predicted octanol–water partition coefficient (Wildman–Crippen LogP) is 2.91. The Morgan fingerprint density at radius 3 is 2.78 bits per heavy atom. The van der Waals surface area contributed by atoms with Gasteiger partial charge in [0, 0.05) is 37.2 Å². The van der Waals surface area contributed by atoms with Gasteiger partial charge in [0.05, 0.1) is 6.33 Å². The smallest absolute Gasteiger partial charge is 0.259 e. The second kappa shape index (κ2) is 6.44. The quantitative estimate of drug-likeness (QED) is 0.744. The molecule has 0 fully saturated rings. The minimum absolute atomic E-state index is 0.0735. The molecule has 0 aliphatic carbocycles. The predicted molar refractivity (Wildman–Crippen MR) is 89.5 cm³/mol. The van der Waals surface area contributed by atoms with Crippen molar-refractivity contribution in [3.8, 4) is 0 Å². The number of aromatic nitrogens is 3. The van der Waals surface area contributed by atoms with E-state index in [-0.39, 0.29) is 5.91 Å². The van der Waals surface area contributed by atoms with Crippen LogP contribution in [0, 0.1) is 6.92 Å². The third-order valence-corrected chi connectivity index (χ3v) is 3.62. The highest BCUT2D eigenvalue weighted by molar-refractivity contribution is 6.05. The Morgan fingerprint density at radius 2 is 2.04 bits per heavy atom. The van der Waals surface area contributed by atoms with Gasteiger partial charge in [-0.1, -0.05) is 18.2 Å². The van der Waals surface area contributed by atoms with Crippen molar-refractivity contribution in [1.82, 2.24) is 14.5 Å². The zero-order valence-corrected chi connectivity index (χ0v) is 13.2. The van der Waals surface area contributed by atoms with Gasteiger partial charge in [0.1, 0.15) is 5.82 Å². The number of rotatable bonds is 4. The number of amides is 1. The fraction of sp³-hybridized carbons (Fsp3) is 0.167. The minimum atomic E-state index is -0.0735. The average Bonchev–Trinajstić information content (AvgIpc) is 3.06. The summed E-state index contributed by atoms with van der Waals surface area (Å²) in [5.74, 6) is 0.575. The number of hydrogen-bond donors (Lipinski definition) is 0. The summed E-state index contributed by atoms with van der Waals surface area (Å²) in [6, 6.07) is 13.3. The third-order valence-electron chi connectivity index (χ3n) is 3.62. The topological polar surface area (TPSA) is 51.0 Å². The van der Waals surface area contributed by atoms with Gasteiger partial charge in [0.2, 0.25) is 0 Å². The number of pyridine rings is 1. The molecule has 3 rings (SSSR count). The zero-order valence-electron chi connectivity index (χ0n) is 13.2. The Morgan fingerprint density at radius 1 is 1.22 bits per heavy atom. The zero-order chi connectivity index (χ0) is 16.2. The molecule has 5 heteroatoms. The number of aryl methyl sites for hydroxylation is 1. The highest BCUT2D eigenvalue weighted by Crippen LogP contribution is 2.15. The van der Waals surface area contributed by atoms with Crippen LogP contribution in [0.15, 0.2) is 61.2 Å². The lowest BCUT2D eigenvalue weighted by Crippen LogP contribution is -2.27. The van der Waals surface area contributed by atoms with E-state index in [0.29, 0.717) is 17.9 Å². The van der Waals surface area contributed by atoms with Gasteiger partial charge in [-0.15, -0.1) is 0 Å². The van der Waals surface area contributed by atoms with Gasteiger partial charge in [-0.3, -0.25) is 9.69 Å². The van der Waals surface area contributed by atoms with Crippen molar-refractivity contribution in [2.24, 2.45) is 0 Å². The molecular weight excluding hydrogens is 288 g/mol. The van der Waals surface area contributed by atoms with Crippen LogP contribution >= 0.6 is 0 Å². The number of carbonyl (C=O) groups excluding carboxylic acids is 1. The first-order chi connectivity index (χ1) is 11.1. The van der Waals surface area contributed by atoms with Gasteiger partial charge < -0.3 is 4.57 Å². The molecule has 0 unspecified atom stereocenters. The summed E-state index contributed by atoms with van der Waals surface area (Å²) in [4.78, 5) is 22.7. The van der Waals surface area contributed by atoms with Crippen molar-refractivity contribution in [2.45, 2.75) is 13.5 Å². The van der Waals surface area contributed by atoms with E-state index in [2.05, 4.69) is 9.97 Å². The van der Waals surface area contributed by atoms with Crippen molar-refractivity contribution in [1.29, 1.82) is 0 Å². The molecule has 23 heavy (non-hydrogen) atoms. The molecular formula is C18H18N4O. The average molecular weight is 306 g/mol. The molecule has 2 aromatic heterocycles. The lowest BCUT2D eigenvalue weighted by molar-refractivity contribution is 0.0992. The maximum absolute atomic E-state index is 12.7. The van der Waals surface area contributed by atoms with Crippen molar-refractivity contribution in [3.63, 3.8) is 0 Å². The van der Waals surface area contributed by atoms with Crippen LogP contribution in [0.25, 0.3) is 0 Å². The summed E-state index contributed by atoms with van der Waals surface area (Å²) in [5, 5.41) is 0. The number of nitrogens with zero attached hydrogens (tertiary/aromatic N) is 4. The molecule has 0 saturated heterocycles. The van der Waals surface area contributed by atoms with Gasteiger partial charge in [0.15, 0.2) is 0 Å². The molecule has 3 aromatic rings. The molecule has 0 saturated carbocycles. The molecule has 1 amide bonds. The standard InChI is InChI=1S/C18H18N4O/c1-14-5-3-8-17(20-14)21(2)18(23)16-7-4-6-15(11-16)12-22-10-9-19-13-22/h3-11,13H,12H2,1-2H3. The lowest BCUT2D eigenvalue weighted by Gasteiger charge is -2.17. The molecule has 0 radical (unpaired) electrons. The second-order valence-corrected chi connectivity index (χ2v) is 5.44. The van der Waals surface area contributed by atoms with Crippen molar-refractivity contribution in [2.75, 3.05) is 11.9 Å². The van der Waals surface area contributed by atoms with E-state index in [4.69, 9.17) is 0 Å². The maximum atomic E-state index is 12.7. The van der Waals surface area contributed by atoms with E-state index in [9.17, 15) is 4.79 Å². The van der Waals surface area contributed by atoms with Gasteiger partial charge in [-0.25, -0.2) is 9.97 Å². The normalized spacial score (nSPS) is 10.5. The Balaban J connectivity index is 1.82. The van der Waals surface area contributed by atoms with E-state index in [1.54, 1.807) is 24.5 Å². The van der Waals surface area contributed by atoms with Crippen LogP contribution in [-0.4, -0.2) is 27.5 Å². The maximum Gasteiger partial charge on any atom is 0.259 e. The van der Waals surface area contributed by atoms with Crippen molar-refractivity contribution >= 4 is 11.7 Å². The van der Waals surface area contributed by atoms with E-state index < -0.39 is 0 Å². The molecule has 0 aliphatic rings. The van der Waals surface area contributed by atoms with E-state index >= 15 is 0 Å². The highest BCUT2D eigenvalue weighted by Gasteiger charge is 2.15. The summed E-state index contributed by atoms with van der Waals surface area (Å²) in [7, 11) is 1.74. The van der Waals surface area contributed by atoms with Crippen molar-refractivity contribution in [3.05, 3.63) is 78.0 Å². The van der Waals surface area contributed by atoms with Crippen LogP contribution in [0.4, 0.5) is 5.82 Å². The third kappa shape index (κ3) is 3.45. The summed E-state index contributed by atoms with van der Waals surface area (Å²) >= 11 is 0. The first-order valence-corrected chi connectivity index (χ1v) is 7.40. The van der Waals surface area contributed by atoms with E-state index in [1.807, 2.05) is 60.2 Å². The molecule has 5 nitrogen and oxygen atoms in total. The first kappa shape index (κ1) is 15.0. The first-order valence-electron chi connectivity index (χ1n) is 7.40. The molecule has 0 atom stereocenters. The molecule has 0 bridgehead atoms. The fourth-order valence-corrected chi connectivity index (χ4v) is 2.41.